The lowest BCUT2D eigenvalue weighted by molar-refractivity contribution is 0.196. The van der Waals surface area contributed by atoms with Gasteiger partial charge in [-0.25, -0.2) is 0 Å². The van der Waals surface area contributed by atoms with Gasteiger partial charge in [0.1, 0.15) is 5.54 Å². The summed E-state index contributed by atoms with van der Waals surface area (Å²) in [5.74, 6) is 0.995. The molecular weight excluding hydrogens is 244 g/mol. The van der Waals surface area contributed by atoms with E-state index in [1.807, 2.05) is 13.8 Å². The van der Waals surface area contributed by atoms with Gasteiger partial charge in [0.15, 0.2) is 0 Å². The quantitative estimate of drug-likeness (QED) is 0.634. The minimum absolute atomic E-state index is 0.265. The van der Waals surface area contributed by atoms with E-state index in [1.54, 1.807) is 11.8 Å². The zero-order chi connectivity index (χ0) is 14.2. The highest BCUT2D eigenvalue weighted by molar-refractivity contribution is 7.99. The fraction of sp³-hybridized carbons (Fsp3) is 0.929. The van der Waals surface area contributed by atoms with Gasteiger partial charge in [0.05, 0.1) is 12.2 Å². The summed E-state index contributed by atoms with van der Waals surface area (Å²) in [5, 5.41) is 22.4. The summed E-state index contributed by atoms with van der Waals surface area (Å²) in [6, 6.07) is 2.77. The van der Waals surface area contributed by atoms with E-state index < -0.39 is 0 Å². The maximum Gasteiger partial charge on any atom is 0.106 e. The molecule has 0 aliphatic carbocycles. The maximum absolute atomic E-state index is 9.41. The molecule has 2 N–H and O–H groups in total. The number of aliphatic hydroxyl groups excluding tert-OH is 1. The average Bonchev–Trinajstić information content (AvgIpc) is 2.32. The summed E-state index contributed by atoms with van der Waals surface area (Å²) in [7, 11) is 0. The van der Waals surface area contributed by atoms with Crippen LogP contribution in [0.4, 0.5) is 0 Å². The van der Waals surface area contributed by atoms with Gasteiger partial charge in [-0.1, -0.05) is 13.8 Å². The topological polar surface area (TPSA) is 56.0 Å². The monoisotopic (exact) mass is 272 g/mol. The second-order valence-corrected chi connectivity index (χ2v) is 6.75. The third-order valence-corrected chi connectivity index (χ3v) is 4.63. The molecule has 0 saturated carbocycles. The molecule has 0 heterocycles. The molecule has 4 heteroatoms. The summed E-state index contributed by atoms with van der Waals surface area (Å²) < 4.78 is 0. The van der Waals surface area contributed by atoms with Gasteiger partial charge in [-0.05, 0) is 45.8 Å². The Morgan fingerprint density at radius 1 is 1.33 bits per heavy atom. The molecule has 0 fully saturated rings. The Labute approximate surface area is 116 Å². The first kappa shape index (κ1) is 17.8. The van der Waals surface area contributed by atoms with Crippen LogP contribution in [0, 0.1) is 11.3 Å². The van der Waals surface area contributed by atoms with Crippen LogP contribution in [0.25, 0.3) is 0 Å². The van der Waals surface area contributed by atoms with Crippen LogP contribution in [0.2, 0.25) is 0 Å². The highest BCUT2D eigenvalue weighted by Crippen LogP contribution is 2.22. The van der Waals surface area contributed by atoms with Crippen LogP contribution < -0.4 is 5.32 Å². The Kier molecular flexibility index (Phi) is 8.67. The Morgan fingerprint density at radius 2 is 1.94 bits per heavy atom. The highest BCUT2D eigenvalue weighted by atomic mass is 32.2. The number of hydrogen-bond acceptors (Lipinski definition) is 4. The lowest BCUT2D eigenvalue weighted by Crippen LogP contribution is -2.47. The molecule has 3 atom stereocenters. The molecular formula is C14H28N2OS. The fourth-order valence-electron chi connectivity index (χ4n) is 1.85. The van der Waals surface area contributed by atoms with E-state index >= 15 is 0 Å². The molecule has 0 aromatic rings. The van der Waals surface area contributed by atoms with Crippen molar-refractivity contribution in [1.82, 2.24) is 5.32 Å². The summed E-state index contributed by atoms with van der Waals surface area (Å²) in [4.78, 5) is 0. The molecule has 0 rings (SSSR count). The van der Waals surface area contributed by atoms with Crippen molar-refractivity contribution in [3.05, 3.63) is 0 Å². The molecule has 3 unspecified atom stereocenters. The molecule has 0 saturated heterocycles. The number of aliphatic hydroxyl groups is 1. The number of rotatable bonds is 9. The predicted molar refractivity (Wildman–Crippen MR) is 79.7 cm³/mol. The molecule has 0 amide bonds. The molecule has 0 bridgehead atoms. The van der Waals surface area contributed by atoms with Crippen molar-refractivity contribution in [3.8, 4) is 6.07 Å². The number of nitrogens with zero attached hydrogens (tertiary/aromatic N) is 1. The van der Waals surface area contributed by atoms with Gasteiger partial charge in [-0.15, -0.1) is 0 Å². The van der Waals surface area contributed by atoms with E-state index in [1.165, 1.54) is 0 Å². The number of hydrogen-bond donors (Lipinski definition) is 2. The van der Waals surface area contributed by atoms with Gasteiger partial charge in [0.2, 0.25) is 0 Å². The average molecular weight is 272 g/mol. The minimum atomic E-state index is -0.386. The van der Waals surface area contributed by atoms with Crippen molar-refractivity contribution in [3.63, 3.8) is 0 Å². The van der Waals surface area contributed by atoms with Crippen LogP contribution in [0.5, 0.6) is 0 Å². The highest BCUT2D eigenvalue weighted by Gasteiger charge is 2.27. The summed E-state index contributed by atoms with van der Waals surface area (Å²) in [5.41, 5.74) is -0.386. The van der Waals surface area contributed by atoms with Crippen molar-refractivity contribution in [2.24, 2.45) is 0 Å². The van der Waals surface area contributed by atoms with Gasteiger partial charge in [-0.2, -0.15) is 17.0 Å². The van der Waals surface area contributed by atoms with Crippen molar-refractivity contribution in [2.45, 2.75) is 76.8 Å². The number of nitriles is 1. The van der Waals surface area contributed by atoms with Crippen LogP contribution in [0.15, 0.2) is 0 Å². The molecule has 0 aliphatic heterocycles. The normalized spacial score (nSPS) is 18.1. The van der Waals surface area contributed by atoms with Crippen LogP contribution in [-0.4, -0.2) is 33.8 Å². The van der Waals surface area contributed by atoms with Crippen molar-refractivity contribution < 1.29 is 5.11 Å². The number of nitrogens with one attached hydrogen (secondary N) is 1. The second kappa shape index (κ2) is 8.79. The minimum Gasteiger partial charge on any atom is -0.392 e. The predicted octanol–water partition coefficient (Wildman–Crippen LogP) is 2.94. The Balaban J connectivity index is 4.10. The second-order valence-electron chi connectivity index (χ2n) is 5.27. The molecule has 0 radical (unpaired) electrons. The van der Waals surface area contributed by atoms with Crippen molar-refractivity contribution in [1.29, 1.82) is 5.26 Å². The smallest absolute Gasteiger partial charge is 0.106 e. The molecule has 18 heavy (non-hydrogen) atoms. The van der Waals surface area contributed by atoms with Gasteiger partial charge in [0.25, 0.3) is 0 Å². The first-order valence-electron chi connectivity index (χ1n) is 6.85. The molecule has 0 aromatic carbocycles. The van der Waals surface area contributed by atoms with E-state index in [0.717, 1.165) is 25.0 Å². The SMILES string of the molecule is CCC(C#N)(CCCSC(C)C(C)O)NC(C)C. The fourth-order valence-corrected chi connectivity index (χ4v) is 2.81. The number of thioether (sulfide) groups is 1. The van der Waals surface area contributed by atoms with Crippen LogP contribution >= 0.6 is 11.8 Å². The Hall–Kier alpha value is -0.240. The van der Waals surface area contributed by atoms with Crippen molar-refractivity contribution >= 4 is 11.8 Å². The van der Waals surface area contributed by atoms with E-state index in [-0.39, 0.29) is 16.9 Å². The summed E-state index contributed by atoms with van der Waals surface area (Å²) >= 11 is 1.78. The van der Waals surface area contributed by atoms with Crippen molar-refractivity contribution in [2.75, 3.05) is 5.75 Å². The Morgan fingerprint density at radius 3 is 2.33 bits per heavy atom. The van der Waals surface area contributed by atoms with E-state index in [9.17, 15) is 10.4 Å². The largest absolute Gasteiger partial charge is 0.392 e. The lowest BCUT2D eigenvalue weighted by Gasteiger charge is -2.29. The first-order valence-corrected chi connectivity index (χ1v) is 7.90. The third-order valence-electron chi connectivity index (χ3n) is 3.19. The zero-order valence-electron chi connectivity index (χ0n) is 12.4. The summed E-state index contributed by atoms with van der Waals surface area (Å²) in [6.07, 6.45) is 2.44. The first-order chi connectivity index (χ1) is 8.37. The van der Waals surface area contributed by atoms with Crippen LogP contribution in [-0.2, 0) is 0 Å². The Bertz CT molecular complexity index is 263. The van der Waals surface area contributed by atoms with Crippen LogP contribution in [0.3, 0.4) is 0 Å². The molecule has 0 spiro atoms. The maximum atomic E-state index is 9.41. The summed E-state index contributed by atoms with van der Waals surface area (Å²) in [6.45, 7) is 10.1. The molecule has 3 nitrogen and oxygen atoms in total. The van der Waals surface area contributed by atoms with Gasteiger partial charge < -0.3 is 5.11 Å². The zero-order valence-corrected chi connectivity index (χ0v) is 13.2. The molecule has 0 aliphatic rings. The van der Waals surface area contributed by atoms with Crippen LogP contribution in [0.1, 0.15) is 53.9 Å². The van der Waals surface area contributed by atoms with E-state index in [0.29, 0.717) is 6.04 Å². The van der Waals surface area contributed by atoms with E-state index in [4.69, 9.17) is 0 Å². The standard InChI is InChI=1S/C14H28N2OS/c1-6-14(10-15,16-11(2)3)8-7-9-18-13(5)12(4)17/h11-13,16-17H,6-9H2,1-5H3. The van der Waals surface area contributed by atoms with Gasteiger partial charge >= 0.3 is 0 Å². The molecule has 0 aromatic heterocycles. The molecule has 106 valence electrons. The van der Waals surface area contributed by atoms with Gasteiger partial charge in [0, 0.05) is 11.3 Å². The third kappa shape index (κ3) is 6.63. The lowest BCUT2D eigenvalue weighted by atomic mass is 9.91. The van der Waals surface area contributed by atoms with Gasteiger partial charge in [-0.3, -0.25) is 5.32 Å². The van der Waals surface area contributed by atoms with E-state index in [2.05, 4.69) is 32.2 Å².